The molecule has 1 aromatic rings. The van der Waals surface area contributed by atoms with Gasteiger partial charge in [-0.25, -0.2) is 0 Å². The van der Waals surface area contributed by atoms with Crippen molar-refractivity contribution in [2.24, 2.45) is 5.92 Å². The molecule has 19 heavy (non-hydrogen) atoms. The minimum absolute atomic E-state index is 0.748. The zero-order chi connectivity index (χ0) is 13.2. The first-order valence-corrected chi connectivity index (χ1v) is 7.42. The zero-order valence-electron chi connectivity index (χ0n) is 11.4. The number of nitrogens with zero attached hydrogens (tertiary/aromatic N) is 1. The molecule has 4 heteroatoms. The molecule has 2 atom stereocenters. The van der Waals surface area contributed by atoms with Gasteiger partial charge in [-0.3, -0.25) is 4.90 Å². The van der Waals surface area contributed by atoms with Gasteiger partial charge in [0, 0.05) is 29.7 Å². The Hall–Kier alpha value is -0.770. The molecule has 0 saturated carbocycles. The van der Waals surface area contributed by atoms with E-state index in [2.05, 4.69) is 10.2 Å². The first-order valence-electron chi connectivity index (χ1n) is 7.04. The van der Waals surface area contributed by atoms with Gasteiger partial charge in [-0.15, -0.1) is 0 Å². The molecule has 0 spiro atoms. The van der Waals surface area contributed by atoms with E-state index < -0.39 is 0 Å². The molecular formula is C15H21ClN2O. The first kappa shape index (κ1) is 13.2. The van der Waals surface area contributed by atoms with Crippen LogP contribution in [0.1, 0.15) is 18.4 Å². The molecule has 3 rings (SSSR count). The number of ether oxygens (including phenoxy) is 1. The van der Waals surface area contributed by atoms with E-state index in [4.69, 9.17) is 16.3 Å². The number of methoxy groups -OCH3 is 1. The summed E-state index contributed by atoms with van der Waals surface area (Å²) in [6.07, 6.45) is 2.57. The SMILES string of the molecule is COc1ccc(Cl)cc1CN1CCC2NCCC2C1. The number of halogens is 1. The Labute approximate surface area is 119 Å². The predicted molar refractivity (Wildman–Crippen MR) is 77.8 cm³/mol. The summed E-state index contributed by atoms with van der Waals surface area (Å²) in [5.41, 5.74) is 1.19. The van der Waals surface area contributed by atoms with E-state index in [-0.39, 0.29) is 0 Å². The molecule has 0 aromatic heterocycles. The Kier molecular flexibility index (Phi) is 3.96. The monoisotopic (exact) mass is 280 g/mol. The van der Waals surface area contributed by atoms with Crippen molar-refractivity contribution >= 4 is 11.6 Å². The minimum Gasteiger partial charge on any atom is -0.496 e. The number of benzene rings is 1. The summed E-state index contributed by atoms with van der Waals surface area (Å²) in [5.74, 6) is 1.76. The van der Waals surface area contributed by atoms with Crippen LogP contribution in [0.4, 0.5) is 0 Å². The lowest BCUT2D eigenvalue weighted by atomic mass is 9.93. The van der Waals surface area contributed by atoms with E-state index in [0.717, 1.165) is 35.8 Å². The summed E-state index contributed by atoms with van der Waals surface area (Å²) in [6.45, 7) is 4.47. The molecule has 2 fully saturated rings. The highest BCUT2D eigenvalue weighted by Gasteiger charge is 2.32. The number of likely N-dealkylation sites (tertiary alicyclic amines) is 1. The molecule has 104 valence electrons. The van der Waals surface area contributed by atoms with Crippen LogP contribution >= 0.6 is 11.6 Å². The van der Waals surface area contributed by atoms with Gasteiger partial charge in [-0.1, -0.05) is 11.6 Å². The highest BCUT2D eigenvalue weighted by atomic mass is 35.5. The zero-order valence-corrected chi connectivity index (χ0v) is 12.1. The van der Waals surface area contributed by atoms with Gasteiger partial charge >= 0.3 is 0 Å². The molecule has 2 saturated heterocycles. The number of hydrogen-bond acceptors (Lipinski definition) is 3. The minimum atomic E-state index is 0.748. The van der Waals surface area contributed by atoms with Crippen LogP contribution in [0.25, 0.3) is 0 Å². The topological polar surface area (TPSA) is 24.5 Å². The molecule has 1 N–H and O–H groups in total. The standard InChI is InChI=1S/C15H21ClN2O/c1-19-15-3-2-13(16)8-12(15)10-18-7-5-14-11(9-18)4-6-17-14/h2-3,8,11,14,17H,4-7,9-10H2,1H3. The van der Waals surface area contributed by atoms with E-state index in [9.17, 15) is 0 Å². The van der Waals surface area contributed by atoms with E-state index in [1.807, 2.05) is 18.2 Å². The van der Waals surface area contributed by atoms with Crippen molar-refractivity contribution in [2.75, 3.05) is 26.7 Å². The fourth-order valence-electron chi connectivity index (χ4n) is 3.38. The third kappa shape index (κ3) is 2.88. The Morgan fingerprint density at radius 1 is 1.42 bits per heavy atom. The smallest absolute Gasteiger partial charge is 0.123 e. The van der Waals surface area contributed by atoms with Crippen molar-refractivity contribution in [2.45, 2.75) is 25.4 Å². The maximum absolute atomic E-state index is 6.10. The molecule has 2 unspecified atom stereocenters. The van der Waals surface area contributed by atoms with E-state index in [1.54, 1.807) is 7.11 Å². The number of rotatable bonds is 3. The van der Waals surface area contributed by atoms with E-state index in [0.29, 0.717) is 0 Å². The molecule has 2 aliphatic rings. The van der Waals surface area contributed by atoms with E-state index >= 15 is 0 Å². The van der Waals surface area contributed by atoms with Crippen molar-refractivity contribution in [1.29, 1.82) is 0 Å². The molecule has 2 heterocycles. The van der Waals surface area contributed by atoms with Gasteiger partial charge in [0.1, 0.15) is 5.75 Å². The van der Waals surface area contributed by atoms with Gasteiger partial charge in [-0.05, 0) is 50.0 Å². The van der Waals surface area contributed by atoms with Crippen molar-refractivity contribution < 1.29 is 4.74 Å². The third-order valence-corrected chi connectivity index (χ3v) is 4.61. The molecule has 0 bridgehead atoms. The van der Waals surface area contributed by atoms with Crippen LogP contribution < -0.4 is 10.1 Å². The van der Waals surface area contributed by atoms with Crippen molar-refractivity contribution in [3.63, 3.8) is 0 Å². The second-order valence-corrected chi connectivity index (χ2v) is 6.03. The Morgan fingerprint density at radius 2 is 2.32 bits per heavy atom. The van der Waals surface area contributed by atoms with Gasteiger partial charge in [0.25, 0.3) is 0 Å². The van der Waals surface area contributed by atoms with Crippen LogP contribution in [0.2, 0.25) is 5.02 Å². The number of nitrogens with one attached hydrogen (secondary N) is 1. The van der Waals surface area contributed by atoms with Crippen molar-refractivity contribution in [3.05, 3.63) is 28.8 Å². The average Bonchev–Trinajstić information content (AvgIpc) is 2.86. The fourth-order valence-corrected chi connectivity index (χ4v) is 3.57. The maximum Gasteiger partial charge on any atom is 0.123 e. The highest BCUT2D eigenvalue weighted by Crippen LogP contribution is 2.28. The lowest BCUT2D eigenvalue weighted by Crippen LogP contribution is -2.43. The molecule has 0 amide bonds. The summed E-state index contributed by atoms with van der Waals surface area (Å²) in [7, 11) is 1.72. The molecule has 0 radical (unpaired) electrons. The third-order valence-electron chi connectivity index (χ3n) is 4.38. The molecule has 1 aromatic carbocycles. The average molecular weight is 281 g/mol. The Morgan fingerprint density at radius 3 is 3.16 bits per heavy atom. The number of piperidine rings is 1. The van der Waals surface area contributed by atoms with Crippen molar-refractivity contribution in [3.8, 4) is 5.75 Å². The van der Waals surface area contributed by atoms with Gasteiger partial charge < -0.3 is 10.1 Å². The van der Waals surface area contributed by atoms with Gasteiger partial charge in [0.15, 0.2) is 0 Å². The second-order valence-electron chi connectivity index (χ2n) is 5.59. The molecule has 3 nitrogen and oxygen atoms in total. The normalized spacial score (nSPS) is 27.3. The predicted octanol–water partition coefficient (Wildman–Crippen LogP) is 2.53. The number of hydrogen-bond donors (Lipinski definition) is 1. The van der Waals surface area contributed by atoms with Crippen LogP contribution in [-0.4, -0.2) is 37.7 Å². The van der Waals surface area contributed by atoms with Gasteiger partial charge in [-0.2, -0.15) is 0 Å². The fraction of sp³-hybridized carbons (Fsp3) is 0.600. The van der Waals surface area contributed by atoms with Gasteiger partial charge in [0.05, 0.1) is 7.11 Å². The summed E-state index contributed by atoms with van der Waals surface area (Å²) in [6, 6.07) is 6.62. The first-order chi connectivity index (χ1) is 9.26. The molecule has 2 aliphatic heterocycles. The summed E-state index contributed by atoms with van der Waals surface area (Å²) >= 11 is 6.10. The molecule has 0 aliphatic carbocycles. The van der Waals surface area contributed by atoms with Crippen molar-refractivity contribution in [1.82, 2.24) is 10.2 Å². The van der Waals surface area contributed by atoms with Crippen LogP contribution in [-0.2, 0) is 6.54 Å². The van der Waals surface area contributed by atoms with E-state index in [1.165, 1.54) is 31.5 Å². The van der Waals surface area contributed by atoms with Crippen LogP contribution in [0.5, 0.6) is 5.75 Å². The quantitative estimate of drug-likeness (QED) is 0.921. The second kappa shape index (κ2) is 5.70. The lowest BCUT2D eigenvalue weighted by molar-refractivity contribution is 0.154. The van der Waals surface area contributed by atoms with Crippen LogP contribution in [0.15, 0.2) is 18.2 Å². The van der Waals surface area contributed by atoms with Crippen LogP contribution in [0.3, 0.4) is 0 Å². The number of fused-ring (bicyclic) bond motifs is 1. The highest BCUT2D eigenvalue weighted by molar-refractivity contribution is 6.30. The van der Waals surface area contributed by atoms with Crippen LogP contribution in [0, 0.1) is 5.92 Å². The maximum atomic E-state index is 6.10. The largest absolute Gasteiger partial charge is 0.496 e. The summed E-state index contributed by atoms with van der Waals surface area (Å²) in [5, 5.41) is 4.39. The lowest BCUT2D eigenvalue weighted by Gasteiger charge is -2.35. The Balaban J connectivity index is 1.69. The Bertz CT molecular complexity index is 452. The van der Waals surface area contributed by atoms with Gasteiger partial charge in [0.2, 0.25) is 0 Å². The summed E-state index contributed by atoms with van der Waals surface area (Å²) < 4.78 is 5.43. The summed E-state index contributed by atoms with van der Waals surface area (Å²) in [4.78, 5) is 2.53. The molecular weight excluding hydrogens is 260 g/mol.